The molecule has 0 bridgehead atoms. The van der Waals surface area contributed by atoms with Gasteiger partial charge >= 0.3 is 5.97 Å². The van der Waals surface area contributed by atoms with Gasteiger partial charge in [-0.05, 0) is 42.9 Å². The van der Waals surface area contributed by atoms with Gasteiger partial charge in [0.2, 0.25) is 11.8 Å². The maximum atomic E-state index is 11.3. The summed E-state index contributed by atoms with van der Waals surface area (Å²) in [5.41, 5.74) is 3.32. The number of hydrogen-bond acceptors (Lipinski definition) is 6. The Morgan fingerprint density at radius 2 is 1.93 bits per heavy atom. The monoisotopic (exact) mass is 406 g/mol. The number of hydrogen-bond donors (Lipinski definition) is 2. The van der Waals surface area contributed by atoms with Gasteiger partial charge in [0.15, 0.2) is 0 Å². The lowest BCUT2D eigenvalue weighted by Crippen LogP contribution is -2.14. The van der Waals surface area contributed by atoms with Crippen LogP contribution in [0.5, 0.6) is 0 Å². The minimum absolute atomic E-state index is 0.0275. The van der Waals surface area contributed by atoms with Crippen molar-refractivity contribution in [2.75, 3.05) is 11.9 Å². The van der Waals surface area contributed by atoms with E-state index in [-0.39, 0.29) is 12.3 Å². The summed E-state index contributed by atoms with van der Waals surface area (Å²) >= 11 is 0. The first-order valence-electron chi connectivity index (χ1n) is 10.5. The lowest BCUT2D eigenvalue weighted by molar-refractivity contribution is -0.137. The Morgan fingerprint density at radius 1 is 1.10 bits per heavy atom. The molecule has 0 spiro atoms. The number of anilines is 1. The SMILES string of the molecule is O=C(O)CC(Cc1nnc(CCCc2ccc3c(n2)NCCC3)o1)c1ccccc1. The molecule has 0 aliphatic carbocycles. The summed E-state index contributed by atoms with van der Waals surface area (Å²) in [6.45, 7) is 0.986. The van der Waals surface area contributed by atoms with Crippen LogP contribution in [0.25, 0.3) is 0 Å². The number of aryl methyl sites for hydroxylation is 3. The van der Waals surface area contributed by atoms with Crippen molar-refractivity contribution in [3.63, 3.8) is 0 Å². The van der Waals surface area contributed by atoms with Crippen LogP contribution in [0.2, 0.25) is 0 Å². The van der Waals surface area contributed by atoms with Crippen molar-refractivity contribution in [2.45, 2.75) is 50.9 Å². The first-order valence-corrected chi connectivity index (χ1v) is 10.5. The number of fused-ring (bicyclic) bond motifs is 1. The summed E-state index contributed by atoms with van der Waals surface area (Å²) < 4.78 is 5.80. The van der Waals surface area contributed by atoms with Crippen LogP contribution in [-0.2, 0) is 30.5 Å². The Bertz CT molecular complexity index is 987. The Balaban J connectivity index is 1.33. The van der Waals surface area contributed by atoms with Crippen LogP contribution in [0, 0.1) is 0 Å². The summed E-state index contributed by atoms with van der Waals surface area (Å²) in [5.74, 6) is 1.06. The molecule has 1 aliphatic rings. The maximum Gasteiger partial charge on any atom is 0.303 e. The molecule has 1 unspecified atom stereocenters. The molecule has 30 heavy (non-hydrogen) atoms. The van der Waals surface area contributed by atoms with Crippen LogP contribution in [0.15, 0.2) is 46.9 Å². The molecule has 0 amide bonds. The number of nitrogens with one attached hydrogen (secondary N) is 1. The third-order valence-electron chi connectivity index (χ3n) is 5.40. The normalized spacial score (nSPS) is 14.0. The number of aromatic nitrogens is 3. The number of nitrogens with zero attached hydrogens (tertiary/aromatic N) is 3. The number of carbonyl (C=O) groups is 1. The first-order chi connectivity index (χ1) is 14.7. The van der Waals surface area contributed by atoms with Crippen LogP contribution in [-0.4, -0.2) is 32.8 Å². The molecule has 0 saturated heterocycles. The highest BCUT2D eigenvalue weighted by Crippen LogP contribution is 2.24. The average Bonchev–Trinajstić information content (AvgIpc) is 3.21. The molecule has 4 rings (SSSR count). The summed E-state index contributed by atoms with van der Waals surface area (Å²) in [4.78, 5) is 16.0. The second-order valence-corrected chi connectivity index (χ2v) is 7.69. The zero-order valence-corrected chi connectivity index (χ0v) is 16.9. The number of rotatable bonds is 9. The van der Waals surface area contributed by atoms with Crippen LogP contribution in [0.3, 0.4) is 0 Å². The number of benzene rings is 1. The fourth-order valence-corrected chi connectivity index (χ4v) is 3.86. The summed E-state index contributed by atoms with van der Waals surface area (Å²) in [7, 11) is 0. The molecule has 156 valence electrons. The van der Waals surface area contributed by atoms with Crippen molar-refractivity contribution in [1.29, 1.82) is 0 Å². The van der Waals surface area contributed by atoms with Gasteiger partial charge in [-0.1, -0.05) is 36.4 Å². The largest absolute Gasteiger partial charge is 0.481 e. The highest BCUT2D eigenvalue weighted by Gasteiger charge is 2.19. The lowest BCUT2D eigenvalue weighted by Gasteiger charge is -2.17. The molecule has 0 saturated carbocycles. The quantitative estimate of drug-likeness (QED) is 0.557. The Morgan fingerprint density at radius 3 is 2.77 bits per heavy atom. The zero-order valence-electron chi connectivity index (χ0n) is 16.9. The molecule has 0 fully saturated rings. The van der Waals surface area contributed by atoms with E-state index in [4.69, 9.17) is 9.40 Å². The summed E-state index contributed by atoms with van der Waals surface area (Å²) in [6.07, 6.45) is 5.08. The van der Waals surface area contributed by atoms with E-state index in [9.17, 15) is 9.90 Å². The van der Waals surface area contributed by atoms with Gasteiger partial charge in [0, 0.05) is 31.0 Å². The molecule has 2 N–H and O–H groups in total. The Hall–Kier alpha value is -3.22. The van der Waals surface area contributed by atoms with Crippen molar-refractivity contribution < 1.29 is 14.3 Å². The highest BCUT2D eigenvalue weighted by molar-refractivity contribution is 5.68. The molecule has 1 aliphatic heterocycles. The van der Waals surface area contributed by atoms with E-state index in [1.807, 2.05) is 30.3 Å². The lowest BCUT2D eigenvalue weighted by atomic mass is 9.92. The van der Waals surface area contributed by atoms with Crippen LogP contribution in [0.4, 0.5) is 5.82 Å². The molecule has 7 nitrogen and oxygen atoms in total. The first kappa shape index (κ1) is 20.1. The van der Waals surface area contributed by atoms with Crippen molar-refractivity contribution in [3.8, 4) is 0 Å². The third kappa shape index (κ3) is 5.23. The topological polar surface area (TPSA) is 101 Å². The predicted molar refractivity (Wildman–Crippen MR) is 113 cm³/mol. The van der Waals surface area contributed by atoms with E-state index < -0.39 is 5.97 Å². The number of carboxylic acid groups (broad SMARTS) is 1. The molecule has 7 heteroatoms. The van der Waals surface area contributed by atoms with E-state index in [0.717, 1.165) is 49.3 Å². The number of pyridine rings is 1. The Kier molecular flexibility index (Phi) is 6.37. The van der Waals surface area contributed by atoms with Gasteiger partial charge in [0.25, 0.3) is 0 Å². The van der Waals surface area contributed by atoms with E-state index in [1.165, 1.54) is 5.56 Å². The molecule has 0 radical (unpaired) electrons. The molecule has 3 heterocycles. The Labute approximate surface area is 175 Å². The average molecular weight is 406 g/mol. The van der Waals surface area contributed by atoms with Crippen molar-refractivity contribution >= 4 is 11.8 Å². The van der Waals surface area contributed by atoms with E-state index >= 15 is 0 Å². The highest BCUT2D eigenvalue weighted by atomic mass is 16.4. The van der Waals surface area contributed by atoms with Crippen LogP contribution >= 0.6 is 0 Å². The third-order valence-corrected chi connectivity index (χ3v) is 5.40. The van der Waals surface area contributed by atoms with Gasteiger partial charge in [-0.2, -0.15) is 0 Å². The molecule has 2 aromatic heterocycles. The van der Waals surface area contributed by atoms with Crippen molar-refractivity contribution in [1.82, 2.24) is 15.2 Å². The van der Waals surface area contributed by atoms with Crippen LogP contribution in [0.1, 0.15) is 53.8 Å². The minimum Gasteiger partial charge on any atom is -0.481 e. The standard InChI is InChI=1S/C23H26N4O3/c28-22(29)15-18(16-6-2-1-3-7-16)14-21-27-26-20(30-21)10-4-9-19-12-11-17-8-5-13-24-23(17)25-19/h1-3,6-7,11-12,18H,4-5,8-10,13-15H2,(H,24,25)(H,28,29). The maximum absolute atomic E-state index is 11.3. The van der Waals surface area contributed by atoms with E-state index in [2.05, 4.69) is 27.6 Å². The fourth-order valence-electron chi connectivity index (χ4n) is 3.86. The summed E-state index contributed by atoms with van der Waals surface area (Å²) in [5, 5.41) is 20.9. The van der Waals surface area contributed by atoms with Crippen molar-refractivity contribution in [2.24, 2.45) is 0 Å². The van der Waals surface area contributed by atoms with Gasteiger partial charge in [-0.3, -0.25) is 4.79 Å². The van der Waals surface area contributed by atoms with Crippen LogP contribution < -0.4 is 5.32 Å². The number of carboxylic acids is 1. The predicted octanol–water partition coefficient (Wildman–Crippen LogP) is 3.80. The van der Waals surface area contributed by atoms with E-state index in [0.29, 0.717) is 24.6 Å². The summed E-state index contributed by atoms with van der Waals surface area (Å²) in [6, 6.07) is 13.9. The van der Waals surface area contributed by atoms with Crippen molar-refractivity contribution in [3.05, 3.63) is 71.1 Å². The van der Waals surface area contributed by atoms with Gasteiger partial charge in [0.1, 0.15) is 5.82 Å². The molecule has 1 aromatic carbocycles. The second-order valence-electron chi connectivity index (χ2n) is 7.69. The van der Waals surface area contributed by atoms with E-state index in [1.54, 1.807) is 0 Å². The second kappa shape index (κ2) is 9.52. The zero-order chi connectivity index (χ0) is 20.8. The van der Waals surface area contributed by atoms with Gasteiger partial charge < -0.3 is 14.8 Å². The minimum atomic E-state index is -0.837. The molecule has 1 atom stereocenters. The fraction of sp³-hybridized carbons (Fsp3) is 0.391. The van der Waals surface area contributed by atoms with Gasteiger partial charge in [-0.15, -0.1) is 10.2 Å². The van der Waals surface area contributed by atoms with Gasteiger partial charge in [0.05, 0.1) is 6.42 Å². The molecular formula is C23H26N4O3. The molecular weight excluding hydrogens is 380 g/mol. The smallest absolute Gasteiger partial charge is 0.303 e. The number of aliphatic carboxylic acids is 1. The molecule has 3 aromatic rings. The van der Waals surface area contributed by atoms with Gasteiger partial charge in [-0.25, -0.2) is 4.98 Å².